The van der Waals surface area contributed by atoms with Crippen molar-refractivity contribution >= 4 is 23.0 Å². The van der Waals surface area contributed by atoms with E-state index >= 15 is 0 Å². The molecular formula is C9H10ClFN2. The highest BCUT2D eigenvalue weighted by atomic mass is 35.5. The van der Waals surface area contributed by atoms with E-state index in [-0.39, 0.29) is 5.02 Å². The smallest absolute Gasteiger partial charge is 0.143 e. The molecule has 4 heteroatoms. The molecule has 1 aromatic rings. The van der Waals surface area contributed by atoms with E-state index in [9.17, 15) is 4.39 Å². The normalized spacial score (nSPS) is 15.8. The van der Waals surface area contributed by atoms with Crippen LogP contribution in [0, 0.1) is 5.82 Å². The van der Waals surface area contributed by atoms with Crippen molar-refractivity contribution in [3.05, 3.63) is 23.0 Å². The Balaban J connectivity index is 2.27. The lowest BCUT2D eigenvalue weighted by atomic mass is 10.2. The highest BCUT2D eigenvalue weighted by Gasteiger charge is 2.22. The van der Waals surface area contributed by atoms with Gasteiger partial charge in [-0.3, -0.25) is 0 Å². The first-order chi connectivity index (χ1) is 6.16. The number of anilines is 2. The van der Waals surface area contributed by atoms with Gasteiger partial charge in [-0.05, 0) is 18.9 Å². The number of hydrogen-bond donors (Lipinski definition) is 2. The molecule has 0 spiro atoms. The molecule has 0 aliphatic heterocycles. The summed E-state index contributed by atoms with van der Waals surface area (Å²) in [7, 11) is 0. The van der Waals surface area contributed by atoms with E-state index < -0.39 is 5.82 Å². The Kier molecular flexibility index (Phi) is 2.04. The molecule has 0 saturated heterocycles. The Morgan fingerprint density at radius 3 is 2.77 bits per heavy atom. The molecule has 3 N–H and O–H groups in total. The van der Waals surface area contributed by atoms with Crippen LogP contribution in [0.4, 0.5) is 15.8 Å². The minimum Gasteiger partial charge on any atom is -0.397 e. The predicted octanol–water partition coefficient (Wildman–Crippen LogP) is 2.64. The van der Waals surface area contributed by atoms with Crippen molar-refractivity contribution in [2.24, 2.45) is 0 Å². The molecule has 2 rings (SSSR count). The van der Waals surface area contributed by atoms with E-state index in [0.29, 0.717) is 17.4 Å². The van der Waals surface area contributed by atoms with Gasteiger partial charge in [-0.15, -0.1) is 0 Å². The van der Waals surface area contributed by atoms with Gasteiger partial charge in [-0.1, -0.05) is 11.6 Å². The summed E-state index contributed by atoms with van der Waals surface area (Å²) in [5.74, 6) is -0.431. The Morgan fingerprint density at radius 1 is 1.46 bits per heavy atom. The number of nitrogens with two attached hydrogens (primary N) is 1. The van der Waals surface area contributed by atoms with Crippen LogP contribution in [0.5, 0.6) is 0 Å². The molecule has 13 heavy (non-hydrogen) atoms. The molecule has 1 fully saturated rings. The third kappa shape index (κ3) is 1.86. The van der Waals surface area contributed by atoms with E-state index in [1.807, 2.05) is 0 Å². The highest BCUT2D eigenvalue weighted by Crippen LogP contribution is 2.31. The van der Waals surface area contributed by atoms with E-state index in [1.54, 1.807) is 0 Å². The van der Waals surface area contributed by atoms with Crippen LogP contribution in [-0.4, -0.2) is 6.04 Å². The lowest BCUT2D eigenvalue weighted by molar-refractivity contribution is 0.629. The molecule has 1 saturated carbocycles. The van der Waals surface area contributed by atoms with Gasteiger partial charge in [0.2, 0.25) is 0 Å². The largest absolute Gasteiger partial charge is 0.397 e. The van der Waals surface area contributed by atoms with Crippen molar-refractivity contribution in [1.82, 2.24) is 0 Å². The Morgan fingerprint density at radius 2 is 2.15 bits per heavy atom. The third-order valence-electron chi connectivity index (χ3n) is 2.03. The number of halogens is 2. The zero-order valence-corrected chi connectivity index (χ0v) is 7.74. The molecule has 0 radical (unpaired) electrons. The van der Waals surface area contributed by atoms with Crippen molar-refractivity contribution in [1.29, 1.82) is 0 Å². The number of nitrogen functional groups attached to an aromatic ring is 1. The lowest BCUT2D eigenvalue weighted by Crippen LogP contribution is -2.04. The van der Waals surface area contributed by atoms with Crippen molar-refractivity contribution < 1.29 is 4.39 Å². The summed E-state index contributed by atoms with van der Waals surface area (Å²) in [6.45, 7) is 0. The quantitative estimate of drug-likeness (QED) is 0.721. The summed E-state index contributed by atoms with van der Waals surface area (Å²) in [5.41, 5.74) is 6.79. The Labute approximate surface area is 80.9 Å². The summed E-state index contributed by atoms with van der Waals surface area (Å²) in [5, 5.41) is 3.20. The standard InChI is InChI=1S/C9H10ClFN2/c10-6-3-8(12)9(4-7(6)11)13-5-1-2-5/h3-5,13H,1-2,12H2. The highest BCUT2D eigenvalue weighted by molar-refractivity contribution is 6.31. The minimum absolute atomic E-state index is 0.0684. The molecule has 70 valence electrons. The van der Waals surface area contributed by atoms with Gasteiger partial charge in [0.25, 0.3) is 0 Å². The Hall–Kier alpha value is -0.960. The van der Waals surface area contributed by atoms with Gasteiger partial charge in [0.1, 0.15) is 5.82 Å². The average molecular weight is 201 g/mol. The maximum atomic E-state index is 13.0. The van der Waals surface area contributed by atoms with E-state index in [0.717, 1.165) is 12.8 Å². The van der Waals surface area contributed by atoms with E-state index in [2.05, 4.69) is 5.32 Å². The number of hydrogen-bond acceptors (Lipinski definition) is 2. The van der Waals surface area contributed by atoms with Crippen LogP contribution in [0.2, 0.25) is 5.02 Å². The molecule has 0 atom stereocenters. The SMILES string of the molecule is Nc1cc(Cl)c(F)cc1NC1CC1. The molecular weight excluding hydrogens is 191 g/mol. The van der Waals surface area contributed by atoms with E-state index in [1.165, 1.54) is 12.1 Å². The number of nitrogens with one attached hydrogen (secondary N) is 1. The molecule has 0 heterocycles. The topological polar surface area (TPSA) is 38.0 Å². The Bertz CT molecular complexity index is 337. The van der Waals surface area contributed by atoms with Crippen LogP contribution in [0.25, 0.3) is 0 Å². The third-order valence-corrected chi connectivity index (χ3v) is 2.32. The zero-order chi connectivity index (χ0) is 9.42. The van der Waals surface area contributed by atoms with Crippen molar-refractivity contribution in [2.75, 3.05) is 11.1 Å². The zero-order valence-electron chi connectivity index (χ0n) is 6.98. The number of benzene rings is 1. The van der Waals surface area contributed by atoms with Crippen molar-refractivity contribution in [2.45, 2.75) is 18.9 Å². The summed E-state index contributed by atoms with van der Waals surface area (Å²) in [6, 6.07) is 3.24. The van der Waals surface area contributed by atoms with Crippen molar-refractivity contribution in [3.8, 4) is 0 Å². The van der Waals surface area contributed by atoms with Crippen LogP contribution in [0.1, 0.15) is 12.8 Å². The molecule has 0 unspecified atom stereocenters. The minimum atomic E-state index is -0.431. The first kappa shape index (κ1) is 8.63. The molecule has 0 amide bonds. The second kappa shape index (κ2) is 3.07. The molecule has 1 aliphatic carbocycles. The first-order valence-electron chi connectivity index (χ1n) is 4.18. The van der Waals surface area contributed by atoms with Crippen molar-refractivity contribution in [3.63, 3.8) is 0 Å². The molecule has 1 aliphatic rings. The maximum absolute atomic E-state index is 13.0. The van der Waals surface area contributed by atoms with E-state index in [4.69, 9.17) is 17.3 Å². The fraction of sp³-hybridized carbons (Fsp3) is 0.333. The summed E-state index contributed by atoms with van der Waals surface area (Å²) in [6.07, 6.45) is 2.26. The molecule has 2 nitrogen and oxygen atoms in total. The fourth-order valence-corrected chi connectivity index (χ4v) is 1.31. The van der Waals surface area contributed by atoms with Gasteiger partial charge in [0, 0.05) is 12.1 Å². The van der Waals surface area contributed by atoms with Gasteiger partial charge in [0.05, 0.1) is 16.4 Å². The lowest BCUT2D eigenvalue weighted by Gasteiger charge is -2.08. The van der Waals surface area contributed by atoms with Gasteiger partial charge in [-0.25, -0.2) is 4.39 Å². The monoisotopic (exact) mass is 200 g/mol. The first-order valence-corrected chi connectivity index (χ1v) is 4.55. The summed E-state index contributed by atoms with van der Waals surface area (Å²) >= 11 is 5.56. The van der Waals surface area contributed by atoms with Crippen LogP contribution in [-0.2, 0) is 0 Å². The average Bonchev–Trinajstić information content (AvgIpc) is 2.84. The second-order valence-corrected chi connectivity index (χ2v) is 3.68. The van der Waals surface area contributed by atoms with Gasteiger partial charge < -0.3 is 11.1 Å². The second-order valence-electron chi connectivity index (χ2n) is 3.27. The van der Waals surface area contributed by atoms with Crippen LogP contribution in [0.3, 0.4) is 0 Å². The molecule has 0 aromatic heterocycles. The van der Waals surface area contributed by atoms with Crippen LogP contribution < -0.4 is 11.1 Å². The van der Waals surface area contributed by atoms with Crippen LogP contribution >= 0.6 is 11.6 Å². The maximum Gasteiger partial charge on any atom is 0.143 e. The van der Waals surface area contributed by atoms with Gasteiger partial charge in [0.15, 0.2) is 0 Å². The fourth-order valence-electron chi connectivity index (χ4n) is 1.13. The number of rotatable bonds is 2. The van der Waals surface area contributed by atoms with Gasteiger partial charge >= 0.3 is 0 Å². The molecule has 1 aromatic carbocycles. The molecule has 0 bridgehead atoms. The predicted molar refractivity (Wildman–Crippen MR) is 52.5 cm³/mol. The summed E-state index contributed by atoms with van der Waals surface area (Å²) < 4.78 is 13.0. The van der Waals surface area contributed by atoms with Gasteiger partial charge in [-0.2, -0.15) is 0 Å². The van der Waals surface area contributed by atoms with Crippen LogP contribution in [0.15, 0.2) is 12.1 Å². The summed E-state index contributed by atoms with van der Waals surface area (Å²) in [4.78, 5) is 0.